The molecule has 18 heavy (non-hydrogen) atoms. The third kappa shape index (κ3) is 2.46. The van der Waals surface area contributed by atoms with Crippen molar-refractivity contribution >= 4 is 23.3 Å². The van der Waals surface area contributed by atoms with Gasteiger partial charge in [0.15, 0.2) is 6.29 Å². The van der Waals surface area contributed by atoms with E-state index < -0.39 is 0 Å². The van der Waals surface area contributed by atoms with E-state index >= 15 is 0 Å². The molecule has 2 nitrogen and oxygen atoms in total. The van der Waals surface area contributed by atoms with Crippen molar-refractivity contribution in [3.63, 3.8) is 0 Å². The van der Waals surface area contributed by atoms with Gasteiger partial charge in [-0.3, -0.25) is 4.79 Å². The molecular formula is C15H17NOS. The minimum Gasteiger partial charge on any atom is -0.372 e. The summed E-state index contributed by atoms with van der Waals surface area (Å²) in [7, 11) is 0. The molecule has 0 atom stereocenters. The van der Waals surface area contributed by atoms with Gasteiger partial charge >= 0.3 is 0 Å². The largest absolute Gasteiger partial charge is 0.372 e. The Kier molecular flexibility index (Phi) is 4.15. The summed E-state index contributed by atoms with van der Waals surface area (Å²) in [5, 5.41) is 1.96. The molecule has 0 radical (unpaired) electrons. The van der Waals surface area contributed by atoms with Gasteiger partial charge in [-0.25, -0.2) is 0 Å². The SMILES string of the molecule is CCN(CC)c1cccc(-c2ccsc2C=O)c1. The van der Waals surface area contributed by atoms with Gasteiger partial charge in [-0.05, 0) is 43.0 Å². The number of carbonyl (C=O) groups is 1. The Hall–Kier alpha value is -1.61. The van der Waals surface area contributed by atoms with E-state index in [0.717, 1.165) is 35.4 Å². The van der Waals surface area contributed by atoms with Crippen molar-refractivity contribution in [3.8, 4) is 11.1 Å². The van der Waals surface area contributed by atoms with Crippen LogP contribution < -0.4 is 4.90 Å². The number of nitrogens with zero attached hydrogens (tertiary/aromatic N) is 1. The third-order valence-electron chi connectivity index (χ3n) is 3.09. The molecule has 0 saturated heterocycles. The maximum atomic E-state index is 11.0. The van der Waals surface area contributed by atoms with Gasteiger partial charge in [0.1, 0.15) is 0 Å². The molecule has 0 bridgehead atoms. The number of anilines is 1. The van der Waals surface area contributed by atoms with Crippen LogP contribution in [0.5, 0.6) is 0 Å². The zero-order valence-corrected chi connectivity index (χ0v) is 11.5. The molecule has 1 aromatic heterocycles. The van der Waals surface area contributed by atoms with Crippen molar-refractivity contribution in [3.05, 3.63) is 40.6 Å². The molecule has 0 aliphatic carbocycles. The Labute approximate surface area is 112 Å². The summed E-state index contributed by atoms with van der Waals surface area (Å²) >= 11 is 1.49. The topological polar surface area (TPSA) is 20.3 Å². The van der Waals surface area contributed by atoms with E-state index in [1.807, 2.05) is 11.4 Å². The molecule has 1 heterocycles. The second-order valence-corrected chi connectivity index (χ2v) is 4.99. The summed E-state index contributed by atoms with van der Waals surface area (Å²) in [5.41, 5.74) is 3.35. The molecule has 1 aromatic carbocycles. The minimum absolute atomic E-state index is 0.798. The van der Waals surface area contributed by atoms with Crippen molar-refractivity contribution in [2.24, 2.45) is 0 Å². The van der Waals surface area contributed by atoms with Gasteiger partial charge in [-0.1, -0.05) is 12.1 Å². The Balaban J connectivity index is 2.41. The van der Waals surface area contributed by atoms with Gasteiger partial charge in [0, 0.05) is 24.3 Å². The molecule has 0 saturated carbocycles. The molecule has 0 aliphatic rings. The van der Waals surface area contributed by atoms with E-state index in [4.69, 9.17) is 0 Å². The average Bonchev–Trinajstić information content (AvgIpc) is 2.89. The van der Waals surface area contributed by atoms with Crippen molar-refractivity contribution in [2.45, 2.75) is 13.8 Å². The fourth-order valence-electron chi connectivity index (χ4n) is 2.11. The lowest BCUT2D eigenvalue weighted by Gasteiger charge is -2.21. The summed E-state index contributed by atoms with van der Waals surface area (Å²) in [6.45, 7) is 6.28. The molecule has 0 aliphatic heterocycles. The van der Waals surface area contributed by atoms with Crippen LogP contribution >= 0.6 is 11.3 Å². The first-order valence-electron chi connectivity index (χ1n) is 6.18. The van der Waals surface area contributed by atoms with Gasteiger partial charge in [0.05, 0.1) is 4.88 Å². The smallest absolute Gasteiger partial charge is 0.160 e. The fourth-order valence-corrected chi connectivity index (χ4v) is 2.83. The number of hydrogen-bond acceptors (Lipinski definition) is 3. The number of carbonyl (C=O) groups excluding carboxylic acids is 1. The Morgan fingerprint density at radius 2 is 2.00 bits per heavy atom. The summed E-state index contributed by atoms with van der Waals surface area (Å²) in [6, 6.07) is 10.4. The maximum absolute atomic E-state index is 11.0. The quantitative estimate of drug-likeness (QED) is 0.754. The van der Waals surface area contributed by atoms with Gasteiger partial charge in [-0.2, -0.15) is 0 Å². The minimum atomic E-state index is 0.798. The van der Waals surface area contributed by atoms with Crippen molar-refractivity contribution in [1.82, 2.24) is 0 Å². The van der Waals surface area contributed by atoms with Gasteiger partial charge in [0.25, 0.3) is 0 Å². The van der Waals surface area contributed by atoms with Crippen molar-refractivity contribution in [1.29, 1.82) is 0 Å². The predicted molar refractivity (Wildman–Crippen MR) is 78.7 cm³/mol. The molecule has 2 aromatic rings. The van der Waals surface area contributed by atoms with Crippen LogP contribution in [0.1, 0.15) is 23.5 Å². The highest BCUT2D eigenvalue weighted by atomic mass is 32.1. The van der Waals surface area contributed by atoms with Gasteiger partial charge in [-0.15, -0.1) is 11.3 Å². The normalized spacial score (nSPS) is 10.3. The van der Waals surface area contributed by atoms with E-state index in [2.05, 4.69) is 43.0 Å². The number of benzene rings is 1. The highest BCUT2D eigenvalue weighted by Gasteiger charge is 2.08. The van der Waals surface area contributed by atoms with E-state index in [1.165, 1.54) is 17.0 Å². The molecule has 94 valence electrons. The zero-order chi connectivity index (χ0) is 13.0. The lowest BCUT2D eigenvalue weighted by molar-refractivity contribution is 0.112. The van der Waals surface area contributed by atoms with Crippen LogP contribution in [-0.4, -0.2) is 19.4 Å². The first kappa shape index (κ1) is 12.8. The summed E-state index contributed by atoms with van der Waals surface area (Å²) in [5.74, 6) is 0. The van der Waals surface area contributed by atoms with E-state index in [0.29, 0.717) is 0 Å². The summed E-state index contributed by atoms with van der Waals surface area (Å²) in [4.78, 5) is 14.1. The number of hydrogen-bond donors (Lipinski definition) is 0. The fraction of sp³-hybridized carbons (Fsp3) is 0.267. The zero-order valence-electron chi connectivity index (χ0n) is 10.7. The van der Waals surface area contributed by atoms with Gasteiger partial charge in [0.2, 0.25) is 0 Å². The third-order valence-corrected chi connectivity index (χ3v) is 3.93. The molecule has 3 heteroatoms. The summed E-state index contributed by atoms with van der Waals surface area (Å²) < 4.78 is 0. The second-order valence-electron chi connectivity index (χ2n) is 4.04. The standard InChI is InChI=1S/C15H17NOS/c1-3-16(4-2)13-7-5-6-12(10-13)14-8-9-18-15(14)11-17/h5-11H,3-4H2,1-2H3. The van der Waals surface area contributed by atoms with Crippen LogP contribution in [0.3, 0.4) is 0 Å². The molecule has 0 spiro atoms. The molecule has 2 rings (SSSR count). The molecule has 0 amide bonds. The van der Waals surface area contributed by atoms with Crippen LogP contribution in [0.15, 0.2) is 35.7 Å². The second kappa shape index (κ2) is 5.83. The lowest BCUT2D eigenvalue weighted by Crippen LogP contribution is -2.21. The molecule has 0 fully saturated rings. The van der Waals surface area contributed by atoms with E-state index in [9.17, 15) is 4.79 Å². The monoisotopic (exact) mass is 259 g/mol. The van der Waals surface area contributed by atoms with Crippen LogP contribution in [0.4, 0.5) is 5.69 Å². The Bertz CT molecular complexity index is 529. The average molecular weight is 259 g/mol. The van der Waals surface area contributed by atoms with E-state index in [1.54, 1.807) is 0 Å². The number of aldehydes is 1. The van der Waals surface area contributed by atoms with Crippen molar-refractivity contribution < 1.29 is 4.79 Å². The Morgan fingerprint density at radius 1 is 1.22 bits per heavy atom. The highest BCUT2D eigenvalue weighted by molar-refractivity contribution is 7.12. The number of rotatable bonds is 5. The number of thiophene rings is 1. The maximum Gasteiger partial charge on any atom is 0.160 e. The van der Waals surface area contributed by atoms with Crippen LogP contribution in [0.25, 0.3) is 11.1 Å². The predicted octanol–water partition coefficient (Wildman–Crippen LogP) is 4.07. The van der Waals surface area contributed by atoms with Crippen LogP contribution in [-0.2, 0) is 0 Å². The first-order valence-corrected chi connectivity index (χ1v) is 7.06. The molecule has 0 unspecified atom stereocenters. The Morgan fingerprint density at radius 3 is 2.67 bits per heavy atom. The molecule has 0 N–H and O–H groups in total. The lowest BCUT2D eigenvalue weighted by atomic mass is 10.1. The van der Waals surface area contributed by atoms with E-state index in [-0.39, 0.29) is 0 Å². The first-order chi connectivity index (χ1) is 8.80. The van der Waals surface area contributed by atoms with Gasteiger partial charge < -0.3 is 4.90 Å². The van der Waals surface area contributed by atoms with Crippen molar-refractivity contribution in [2.75, 3.05) is 18.0 Å². The highest BCUT2D eigenvalue weighted by Crippen LogP contribution is 2.29. The van der Waals surface area contributed by atoms with Crippen LogP contribution in [0, 0.1) is 0 Å². The molecular weight excluding hydrogens is 242 g/mol. The summed E-state index contributed by atoms with van der Waals surface area (Å²) in [6.07, 6.45) is 0.935. The van der Waals surface area contributed by atoms with Crippen LogP contribution in [0.2, 0.25) is 0 Å².